The molecule has 1 fully saturated rings. The first kappa shape index (κ1) is 15.1. The van der Waals surface area contributed by atoms with Gasteiger partial charge in [-0.15, -0.1) is 0 Å². The minimum Gasteiger partial charge on any atom is -0.356 e. The second-order valence-corrected chi connectivity index (χ2v) is 6.02. The van der Waals surface area contributed by atoms with Gasteiger partial charge in [-0.3, -0.25) is 9.89 Å². The summed E-state index contributed by atoms with van der Waals surface area (Å²) in [5.74, 6) is 1.02. The normalized spacial score (nSPS) is 16.2. The number of H-pyrrole nitrogens is 1. The van der Waals surface area contributed by atoms with E-state index in [1.54, 1.807) is 0 Å². The minimum absolute atomic E-state index is 0.222. The molecule has 1 aliphatic carbocycles. The summed E-state index contributed by atoms with van der Waals surface area (Å²) >= 11 is 0. The summed E-state index contributed by atoms with van der Waals surface area (Å²) in [6.45, 7) is 2.80. The van der Waals surface area contributed by atoms with Gasteiger partial charge in [0.05, 0.1) is 6.20 Å². The molecule has 4 heteroatoms. The van der Waals surface area contributed by atoms with E-state index in [-0.39, 0.29) is 5.91 Å². The molecule has 20 heavy (non-hydrogen) atoms. The maximum Gasteiger partial charge on any atom is 0.220 e. The summed E-state index contributed by atoms with van der Waals surface area (Å²) in [6.07, 6.45) is 12.4. The number of amides is 1. The summed E-state index contributed by atoms with van der Waals surface area (Å²) in [7, 11) is 0. The van der Waals surface area contributed by atoms with Gasteiger partial charge in [-0.2, -0.15) is 5.10 Å². The molecule has 1 amide bonds. The molecule has 0 radical (unpaired) electrons. The van der Waals surface area contributed by atoms with Crippen LogP contribution in [0.5, 0.6) is 0 Å². The number of carbonyl (C=O) groups is 1. The van der Waals surface area contributed by atoms with Gasteiger partial charge in [0.2, 0.25) is 5.91 Å². The highest BCUT2D eigenvalue weighted by molar-refractivity contribution is 5.75. The molecule has 0 saturated heterocycles. The molecule has 2 N–H and O–H groups in total. The van der Waals surface area contributed by atoms with Crippen molar-refractivity contribution in [1.82, 2.24) is 15.5 Å². The SMILES string of the molecule is Cc1[nH]ncc1CCCNC(=O)CCC1CCCCC1. The van der Waals surface area contributed by atoms with Crippen molar-refractivity contribution in [3.63, 3.8) is 0 Å². The van der Waals surface area contributed by atoms with E-state index in [0.717, 1.165) is 37.4 Å². The fraction of sp³-hybridized carbons (Fsp3) is 0.750. The van der Waals surface area contributed by atoms with Crippen molar-refractivity contribution >= 4 is 5.91 Å². The highest BCUT2D eigenvalue weighted by Gasteiger charge is 2.14. The number of nitrogens with zero attached hydrogens (tertiary/aromatic N) is 1. The smallest absolute Gasteiger partial charge is 0.220 e. The van der Waals surface area contributed by atoms with E-state index in [1.807, 2.05) is 13.1 Å². The van der Waals surface area contributed by atoms with Crippen LogP contribution in [0.25, 0.3) is 0 Å². The molecule has 0 aromatic carbocycles. The largest absolute Gasteiger partial charge is 0.356 e. The second-order valence-electron chi connectivity index (χ2n) is 6.02. The summed E-state index contributed by atoms with van der Waals surface area (Å²) in [5.41, 5.74) is 2.38. The zero-order valence-corrected chi connectivity index (χ0v) is 12.6. The van der Waals surface area contributed by atoms with Gasteiger partial charge in [0, 0.05) is 18.7 Å². The lowest BCUT2D eigenvalue weighted by Crippen LogP contribution is -2.25. The van der Waals surface area contributed by atoms with Gasteiger partial charge >= 0.3 is 0 Å². The lowest BCUT2D eigenvalue weighted by Gasteiger charge is -2.20. The van der Waals surface area contributed by atoms with Crippen LogP contribution >= 0.6 is 0 Å². The Morgan fingerprint density at radius 3 is 2.90 bits per heavy atom. The number of hydrogen-bond acceptors (Lipinski definition) is 2. The number of aromatic nitrogens is 2. The van der Waals surface area contributed by atoms with E-state index in [2.05, 4.69) is 15.5 Å². The molecule has 1 aromatic heterocycles. The van der Waals surface area contributed by atoms with Crippen LogP contribution < -0.4 is 5.32 Å². The van der Waals surface area contributed by atoms with Gasteiger partial charge < -0.3 is 5.32 Å². The number of aryl methyl sites for hydroxylation is 2. The Labute approximate surface area is 121 Å². The van der Waals surface area contributed by atoms with Crippen LogP contribution in [-0.4, -0.2) is 22.6 Å². The second kappa shape index (κ2) is 8.08. The summed E-state index contributed by atoms with van der Waals surface area (Å²) < 4.78 is 0. The van der Waals surface area contributed by atoms with E-state index >= 15 is 0 Å². The summed E-state index contributed by atoms with van der Waals surface area (Å²) in [4.78, 5) is 11.8. The molecule has 112 valence electrons. The molecule has 0 unspecified atom stereocenters. The van der Waals surface area contributed by atoms with E-state index < -0.39 is 0 Å². The molecule has 4 nitrogen and oxygen atoms in total. The van der Waals surface area contributed by atoms with Gasteiger partial charge in [-0.25, -0.2) is 0 Å². The third-order valence-electron chi connectivity index (χ3n) is 4.38. The van der Waals surface area contributed by atoms with Crippen LogP contribution in [0, 0.1) is 12.8 Å². The highest BCUT2D eigenvalue weighted by atomic mass is 16.1. The summed E-state index contributed by atoms with van der Waals surface area (Å²) in [6, 6.07) is 0. The monoisotopic (exact) mass is 277 g/mol. The van der Waals surface area contributed by atoms with E-state index in [0.29, 0.717) is 6.42 Å². The molecule has 2 rings (SSSR count). The van der Waals surface area contributed by atoms with Gasteiger partial charge in [0.15, 0.2) is 0 Å². The average Bonchev–Trinajstić information content (AvgIpc) is 2.88. The number of nitrogens with one attached hydrogen (secondary N) is 2. The van der Waals surface area contributed by atoms with Crippen LogP contribution in [0.15, 0.2) is 6.20 Å². The van der Waals surface area contributed by atoms with Gasteiger partial charge in [0.25, 0.3) is 0 Å². The van der Waals surface area contributed by atoms with Crippen molar-refractivity contribution in [2.24, 2.45) is 5.92 Å². The van der Waals surface area contributed by atoms with Gasteiger partial charge in [-0.1, -0.05) is 32.1 Å². The number of aromatic amines is 1. The number of rotatable bonds is 7. The average molecular weight is 277 g/mol. The molecule has 0 aliphatic heterocycles. The zero-order valence-electron chi connectivity index (χ0n) is 12.6. The zero-order chi connectivity index (χ0) is 14.2. The molecule has 1 heterocycles. The first-order valence-electron chi connectivity index (χ1n) is 8.01. The van der Waals surface area contributed by atoms with Crippen molar-refractivity contribution in [3.8, 4) is 0 Å². The first-order valence-corrected chi connectivity index (χ1v) is 8.01. The fourth-order valence-corrected chi connectivity index (χ4v) is 3.03. The quantitative estimate of drug-likeness (QED) is 0.752. The topological polar surface area (TPSA) is 57.8 Å². The molecular weight excluding hydrogens is 250 g/mol. The van der Waals surface area contributed by atoms with Crippen LogP contribution in [0.3, 0.4) is 0 Å². The van der Waals surface area contributed by atoms with Crippen LogP contribution in [-0.2, 0) is 11.2 Å². The van der Waals surface area contributed by atoms with Crippen LogP contribution in [0.4, 0.5) is 0 Å². The standard InChI is InChI=1S/C16H27N3O/c1-13-15(12-18-19-13)8-5-11-17-16(20)10-9-14-6-3-2-4-7-14/h12,14H,2-11H2,1H3,(H,17,20)(H,18,19). The predicted molar refractivity (Wildman–Crippen MR) is 80.5 cm³/mol. The molecular formula is C16H27N3O. The third kappa shape index (κ3) is 4.99. The number of carbonyl (C=O) groups excluding carboxylic acids is 1. The predicted octanol–water partition coefficient (Wildman–Crippen LogP) is 3.13. The van der Waals surface area contributed by atoms with E-state index in [4.69, 9.17) is 0 Å². The third-order valence-corrected chi connectivity index (χ3v) is 4.38. The maximum absolute atomic E-state index is 11.8. The lowest BCUT2D eigenvalue weighted by molar-refractivity contribution is -0.121. The molecule has 0 atom stereocenters. The van der Waals surface area contributed by atoms with Crippen molar-refractivity contribution in [2.45, 2.75) is 64.7 Å². The maximum atomic E-state index is 11.8. The fourth-order valence-electron chi connectivity index (χ4n) is 3.03. The highest BCUT2D eigenvalue weighted by Crippen LogP contribution is 2.27. The number of hydrogen-bond donors (Lipinski definition) is 2. The Balaban J connectivity index is 1.52. The first-order chi connectivity index (χ1) is 9.75. The van der Waals surface area contributed by atoms with Crippen LogP contribution in [0.2, 0.25) is 0 Å². The molecule has 0 spiro atoms. The Morgan fingerprint density at radius 1 is 1.40 bits per heavy atom. The molecule has 0 bridgehead atoms. The minimum atomic E-state index is 0.222. The molecule has 1 saturated carbocycles. The molecule has 1 aliphatic rings. The van der Waals surface area contributed by atoms with Crippen molar-refractivity contribution < 1.29 is 4.79 Å². The lowest BCUT2D eigenvalue weighted by atomic mass is 9.86. The Bertz CT molecular complexity index is 408. The Hall–Kier alpha value is -1.32. The van der Waals surface area contributed by atoms with Crippen LogP contribution in [0.1, 0.15) is 62.6 Å². The van der Waals surface area contributed by atoms with E-state index in [9.17, 15) is 4.79 Å². The van der Waals surface area contributed by atoms with Crippen molar-refractivity contribution in [3.05, 3.63) is 17.5 Å². The Morgan fingerprint density at radius 2 is 2.20 bits per heavy atom. The molecule has 1 aromatic rings. The van der Waals surface area contributed by atoms with Crippen molar-refractivity contribution in [1.29, 1.82) is 0 Å². The van der Waals surface area contributed by atoms with Crippen molar-refractivity contribution in [2.75, 3.05) is 6.54 Å². The Kier molecular flexibility index (Phi) is 6.09. The van der Waals surface area contributed by atoms with Gasteiger partial charge in [0.1, 0.15) is 0 Å². The summed E-state index contributed by atoms with van der Waals surface area (Å²) in [5, 5.41) is 9.98. The van der Waals surface area contributed by atoms with E-state index in [1.165, 1.54) is 37.7 Å². The van der Waals surface area contributed by atoms with Gasteiger partial charge in [-0.05, 0) is 37.7 Å².